The molecule has 3 heterocycles. The molecule has 1 amide bonds. The summed E-state index contributed by atoms with van der Waals surface area (Å²) in [6, 6.07) is 3.76. The lowest BCUT2D eigenvalue weighted by molar-refractivity contribution is -0.0117. The van der Waals surface area contributed by atoms with Crippen molar-refractivity contribution in [1.82, 2.24) is 19.7 Å². The highest BCUT2D eigenvalue weighted by atomic mass is 16.5. The Morgan fingerprint density at radius 1 is 1.33 bits per heavy atom. The summed E-state index contributed by atoms with van der Waals surface area (Å²) in [5.74, 6) is 0.0472. The van der Waals surface area contributed by atoms with Gasteiger partial charge in [-0.25, -0.2) is 4.68 Å². The smallest absolute Gasteiger partial charge is 0.257 e. The summed E-state index contributed by atoms with van der Waals surface area (Å²) in [5.41, 5.74) is 1.41. The maximum Gasteiger partial charge on any atom is 0.257 e. The minimum atomic E-state index is -0.0499. The van der Waals surface area contributed by atoms with Crippen LogP contribution < -0.4 is 0 Å². The summed E-state index contributed by atoms with van der Waals surface area (Å²) in [6.45, 7) is 1.94. The molecule has 2 aromatic rings. The van der Waals surface area contributed by atoms with Crippen molar-refractivity contribution >= 4 is 5.91 Å². The molecule has 6 heteroatoms. The van der Waals surface area contributed by atoms with Crippen LogP contribution in [-0.2, 0) is 4.74 Å². The number of rotatable bonds is 2. The SMILES string of the molecule is O=C(c1cnn(-c2cccnc2)c1)N1CCOCC12CC2. The van der Waals surface area contributed by atoms with E-state index in [0.717, 1.165) is 18.5 Å². The number of pyridine rings is 1. The van der Waals surface area contributed by atoms with E-state index in [-0.39, 0.29) is 11.4 Å². The Morgan fingerprint density at radius 3 is 3.00 bits per heavy atom. The summed E-state index contributed by atoms with van der Waals surface area (Å²) in [4.78, 5) is 18.7. The molecule has 2 aliphatic rings. The van der Waals surface area contributed by atoms with E-state index in [1.54, 1.807) is 29.5 Å². The second-order valence-electron chi connectivity index (χ2n) is 5.62. The van der Waals surface area contributed by atoms with Crippen molar-refractivity contribution in [3.63, 3.8) is 0 Å². The van der Waals surface area contributed by atoms with Crippen LogP contribution in [0.1, 0.15) is 23.2 Å². The monoisotopic (exact) mass is 284 g/mol. The highest BCUT2D eigenvalue weighted by Crippen LogP contribution is 2.44. The second kappa shape index (κ2) is 4.66. The molecule has 1 aliphatic carbocycles. The molecule has 1 saturated heterocycles. The quantitative estimate of drug-likeness (QED) is 0.833. The van der Waals surface area contributed by atoms with Gasteiger partial charge in [-0.3, -0.25) is 9.78 Å². The van der Waals surface area contributed by atoms with Crippen molar-refractivity contribution in [3.8, 4) is 5.69 Å². The van der Waals surface area contributed by atoms with Crippen molar-refractivity contribution in [2.45, 2.75) is 18.4 Å². The number of carbonyl (C=O) groups is 1. The average Bonchev–Trinajstić information content (AvgIpc) is 3.12. The van der Waals surface area contributed by atoms with Crippen molar-refractivity contribution in [2.24, 2.45) is 0 Å². The van der Waals surface area contributed by atoms with E-state index in [1.165, 1.54) is 0 Å². The van der Waals surface area contributed by atoms with Crippen molar-refractivity contribution < 1.29 is 9.53 Å². The predicted molar refractivity (Wildman–Crippen MR) is 75.2 cm³/mol. The van der Waals surface area contributed by atoms with Gasteiger partial charge in [-0.05, 0) is 25.0 Å². The largest absolute Gasteiger partial charge is 0.377 e. The topological polar surface area (TPSA) is 60.2 Å². The fourth-order valence-corrected chi connectivity index (χ4v) is 2.83. The summed E-state index contributed by atoms with van der Waals surface area (Å²) in [5, 5.41) is 4.27. The Kier molecular flexibility index (Phi) is 2.78. The van der Waals surface area contributed by atoms with Gasteiger partial charge >= 0.3 is 0 Å². The van der Waals surface area contributed by atoms with Crippen LogP contribution in [0.5, 0.6) is 0 Å². The number of nitrogens with zero attached hydrogens (tertiary/aromatic N) is 4. The summed E-state index contributed by atoms with van der Waals surface area (Å²) < 4.78 is 7.20. The van der Waals surface area contributed by atoms with Crippen LogP contribution in [0.15, 0.2) is 36.9 Å². The van der Waals surface area contributed by atoms with Crippen LogP contribution in [-0.4, -0.2) is 50.9 Å². The average molecular weight is 284 g/mol. The van der Waals surface area contributed by atoms with Crippen molar-refractivity contribution in [2.75, 3.05) is 19.8 Å². The van der Waals surface area contributed by atoms with E-state index in [1.807, 2.05) is 17.0 Å². The lowest BCUT2D eigenvalue weighted by atomic mass is 10.1. The fourth-order valence-electron chi connectivity index (χ4n) is 2.83. The molecule has 2 fully saturated rings. The van der Waals surface area contributed by atoms with Gasteiger partial charge in [0.25, 0.3) is 5.91 Å². The fraction of sp³-hybridized carbons (Fsp3) is 0.400. The molecule has 6 nitrogen and oxygen atoms in total. The molecule has 1 spiro atoms. The molecular weight excluding hydrogens is 268 g/mol. The molecule has 4 rings (SSSR count). The predicted octanol–water partition coefficient (Wildman–Crippen LogP) is 1.27. The van der Waals surface area contributed by atoms with Gasteiger partial charge in [0.05, 0.1) is 42.4 Å². The third-order valence-electron chi connectivity index (χ3n) is 4.21. The van der Waals surface area contributed by atoms with Gasteiger partial charge in [0.2, 0.25) is 0 Å². The van der Waals surface area contributed by atoms with E-state index in [2.05, 4.69) is 10.1 Å². The number of hydrogen-bond acceptors (Lipinski definition) is 4. The molecule has 0 N–H and O–H groups in total. The molecule has 0 bridgehead atoms. The third kappa shape index (κ3) is 2.12. The first-order chi connectivity index (χ1) is 10.3. The first-order valence-corrected chi connectivity index (χ1v) is 7.13. The molecule has 108 valence electrons. The zero-order chi connectivity index (χ0) is 14.3. The lowest BCUT2D eigenvalue weighted by Gasteiger charge is -2.35. The van der Waals surface area contributed by atoms with Gasteiger partial charge in [0, 0.05) is 18.9 Å². The van der Waals surface area contributed by atoms with Gasteiger partial charge in [0.1, 0.15) is 0 Å². The Bertz CT molecular complexity index is 663. The molecule has 2 aromatic heterocycles. The lowest BCUT2D eigenvalue weighted by Crippen LogP contribution is -2.50. The maximum absolute atomic E-state index is 12.7. The number of hydrogen-bond donors (Lipinski definition) is 0. The molecule has 0 radical (unpaired) electrons. The van der Waals surface area contributed by atoms with Crippen LogP contribution >= 0.6 is 0 Å². The van der Waals surface area contributed by atoms with E-state index < -0.39 is 0 Å². The number of carbonyl (C=O) groups excluding carboxylic acids is 1. The molecule has 1 aliphatic heterocycles. The number of aromatic nitrogens is 3. The zero-order valence-electron chi connectivity index (χ0n) is 11.6. The van der Waals surface area contributed by atoms with Crippen molar-refractivity contribution in [1.29, 1.82) is 0 Å². The Balaban J connectivity index is 1.59. The first kappa shape index (κ1) is 12.5. The highest BCUT2D eigenvalue weighted by Gasteiger charge is 2.52. The Hall–Kier alpha value is -2.21. The van der Waals surface area contributed by atoms with Crippen molar-refractivity contribution in [3.05, 3.63) is 42.5 Å². The minimum Gasteiger partial charge on any atom is -0.377 e. The number of ether oxygens (including phenoxy) is 1. The van der Waals surface area contributed by atoms with Crippen LogP contribution in [0, 0.1) is 0 Å². The molecule has 0 atom stereocenters. The Labute approximate surface area is 122 Å². The molecule has 1 saturated carbocycles. The second-order valence-corrected chi connectivity index (χ2v) is 5.62. The number of amides is 1. The summed E-state index contributed by atoms with van der Waals surface area (Å²) in [6.07, 6.45) is 8.90. The van der Waals surface area contributed by atoms with E-state index in [4.69, 9.17) is 4.74 Å². The van der Waals surface area contributed by atoms with E-state index >= 15 is 0 Å². The van der Waals surface area contributed by atoms with Gasteiger partial charge in [-0.1, -0.05) is 0 Å². The van der Waals surface area contributed by atoms with Crippen LogP contribution in [0.25, 0.3) is 5.69 Å². The van der Waals surface area contributed by atoms with Crippen LogP contribution in [0.2, 0.25) is 0 Å². The summed E-state index contributed by atoms with van der Waals surface area (Å²) in [7, 11) is 0. The van der Waals surface area contributed by atoms with Gasteiger partial charge in [-0.15, -0.1) is 0 Å². The molecule has 0 aromatic carbocycles. The first-order valence-electron chi connectivity index (χ1n) is 7.13. The number of morpholine rings is 1. The summed E-state index contributed by atoms with van der Waals surface area (Å²) >= 11 is 0. The third-order valence-corrected chi connectivity index (χ3v) is 4.21. The van der Waals surface area contributed by atoms with Crippen LogP contribution in [0.4, 0.5) is 0 Å². The van der Waals surface area contributed by atoms with Gasteiger partial charge < -0.3 is 9.64 Å². The highest BCUT2D eigenvalue weighted by molar-refractivity contribution is 5.94. The minimum absolute atomic E-state index is 0.0472. The Morgan fingerprint density at radius 2 is 2.24 bits per heavy atom. The van der Waals surface area contributed by atoms with Gasteiger partial charge in [0.15, 0.2) is 0 Å². The van der Waals surface area contributed by atoms with Crippen LogP contribution in [0.3, 0.4) is 0 Å². The maximum atomic E-state index is 12.7. The molecule has 21 heavy (non-hydrogen) atoms. The molecular formula is C15H16N4O2. The normalized spacial score (nSPS) is 19.7. The zero-order valence-corrected chi connectivity index (χ0v) is 11.6. The van der Waals surface area contributed by atoms with E-state index in [0.29, 0.717) is 25.3 Å². The van der Waals surface area contributed by atoms with Gasteiger partial charge in [-0.2, -0.15) is 5.10 Å². The standard InChI is InChI=1S/C15H16N4O2/c20-14(18-6-7-21-11-15(18)3-4-15)12-8-17-19(10-12)13-2-1-5-16-9-13/h1-2,5,8-10H,3-4,6-7,11H2. The van der Waals surface area contributed by atoms with E-state index in [9.17, 15) is 4.79 Å². The molecule has 0 unspecified atom stereocenters.